The second-order valence-corrected chi connectivity index (χ2v) is 8.80. The number of likely N-dealkylation sites (tertiary alicyclic amines) is 1. The predicted octanol–water partition coefficient (Wildman–Crippen LogP) is 6.14. The fourth-order valence-corrected chi connectivity index (χ4v) is 4.18. The van der Waals surface area contributed by atoms with Gasteiger partial charge in [-0.2, -0.15) is 0 Å². The van der Waals surface area contributed by atoms with Crippen molar-refractivity contribution in [3.63, 3.8) is 0 Å². The van der Waals surface area contributed by atoms with Crippen molar-refractivity contribution in [3.05, 3.63) is 47.0 Å². The van der Waals surface area contributed by atoms with Crippen LogP contribution >= 0.6 is 0 Å². The van der Waals surface area contributed by atoms with Crippen molar-refractivity contribution in [2.24, 2.45) is 16.8 Å². The third-order valence-electron chi connectivity index (χ3n) is 6.01. The molecule has 1 aromatic carbocycles. The highest BCUT2D eigenvalue weighted by molar-refractivity contribution is 5.96. The maximum atomic E-state index is 12.2. The minimum atomic E-state index is -4.59. The standard InChI is InChI=1S/C24H33F3N2O/c1-4-5-6-20-14-29(15-20)23-13-21(17(2)3)22(28-23)12-11-18-7-9-19(10-8-18)16-30-24(25,26)27/h7-10,13,17,20,22H,4-6,11-12,14-16H2,1-3H3. The lowest BCUT2D eigenvalue weighted by Gasteiger charge is -2.40. The van der Waals surface area contributed by atoms with Crippen molar-refractivity contribution in [2.45, 2.75) is 71.9 Å². The van der Waals surface area contributed by atoms with Gasteiger partial charge in [-0.25, -0.2) is 0 Å². The van der Waals surface area contributed by atoms with Crippen LogP contribution in [0, 0.1) is 11.8 Å². The molecule has 1 fully saturated rings. The molecule has 3 rings (SSSR count). The van der Waals surface area contributed by atoms with Crippen molar-refractivity contribution in [2.75, 3.05) is 13.1 Å². The van der Waals surface area contributed by atoms with Gasteiger partial charge in [-0.3, -0.25) is 9.73 Å². The van der Waals surface area contributed by atoms with Crippen LogP contribution in [0.2, 0.25) is 0 Å². The number of amidine groups is 1. The summed E-state index contributed by atoms with van der Waals surface area (Å²) in [6, 6.07) is 7.39. The fourth-order valence-electron chi connectivity index (χ4n) is 4.18. The van der Waals surface area contributed by atoms with Crippen molar-refractivity contribution < 1.29 is 17.9 Å². The molecule has 3 nitrogen and oxygen atoms in total. The normalized spacial score (nSPS) is 19.8. The summed E-state index contributed by atoms with van der Waals surface area (Å²) in [6.45, 7) is 8.46. The first kappa shape index (κ1) is 22.9. The van der Waals surface area contributed by atoms with Crippen molar-refractivity contribution in [1.82, 2.24) is 4.90 Å². The van der Waals surface area contributed by atoms with E-state index in [0.29, 0.717) is 11.5 Å². The number of hydrogen-bond donors (Lipinski definition) is 0. The van der Waals surface area contributed by atoms with Crippen LogP contribution in [0.4, 0.5) is 13.2 Å². The average Bonchev–Trinajstić information content (AvgIpc) is 3.08. The van der Waals surface area contributed by atoms with E-state index in [4.69, 9.17) is 4.99 Å². The van der Waals surface area contributed by atoms with Gasteiger partial charge in [0.15, 0.2) is 0 Å². The summed E-state index contributed by atoms with van der Waals surface area (Å²) in [5.74, 6) is 2.40. The lowest BCUT2D eigenvalue weighted by molar-refractivity contribution is -0.330. The number of alkyl halides is 3. The Kier molecular flexibility index (Phi) is 7.61. The molecule has 0 N–H and O–H groups in total. The van der Waals surface area contributed by atoms with Crippen LogP contribution in [0.25, 0.3) is 0 Å². The molecular formula is C24H33F3N2O. The van der Waals surface area contributed by atoms with E-state index in [-0.39, 0.29) is 6.04 Å². The van der Waals surface area contributed by atoms with Crippen molar-refractivity contribution >= 4 is 5.84 Å². The Morgan fingerprint density at radius 2 is 1.77 bits per heavy atom. The van der Waals surface area contributed by atoms with Gasteiger partial charge in [0.2, 0.25) is 0 Å². The summed E-state index contributed by atoms with van der Waals surface area (Å²) in [5.41, 5.74) is 3.02. The minimum Gasteiger partial charge on any atom is -0.356 e. The first-order chi connectivity index (χ1) is 14.2. The van der Waals surface area contributed by atoms with Crippen LogP contribution < -0.4 is 0 Å². The number of halogens is 3. The van der Waals surface area contributed by atoms with E-state index in [1.165, 1.54) is 24.8 Å². The van der Waals surface area contributed by atoms with Crippen LogP contribution in [-0.4, -0.2) is 36.2 Å². The van der Waals surface area contributed by atoms with Gasteiger partial charge in [0.1, 0.15) is 5.84 Å². The van der Waals surface area contributed by atoms with E-state index in [1.807, 2.05) is 12.1 Å². The van der Waals surface area contributed by atoms with E-state index in [2.05, 4.69) is 36.5 Å². The molecule has 1 atom stereocenters. The highest BCUT2D eigenvalue weighted by Gasteiger charge is 2.32. The molecule has 0 amide bonds. The van der Waals surface area contributed by atoms with Gasteiger partial charge in [0.05, 0.1) is 12.6 Å². The Bertz CT molecular complexity index is 747. The van der Waals surface area contributed by atoms with Gasteiger partial charge in [-0.05, 0) is 53.9 Å². The van der Waals surface area contributed by atoms with Crippen LogP contribution in [0.1, 0.15) is 57.6 Å². The zero-order chi connectivity index (χ0) is 21.7. The highest BCUT2D eigenvalue weighted by atomic mass is 19.4. The van der Waals surface area contributed by atoms with Gasteiger partial charge in [0.25, 0.3) is 0 Å². The molecule has 2 aliphatic heterocycles. The molecule has 1 saturated heterocycles. The summed E-state index contributed by atoms with van der Waals surface area (Å²) in [5, 5.41) is 0. The Labute approximate surface area is 178 Å². The van der Waals surface area contributed by atoms with Crippen LogP contribution in [0.3, 0.4) is 0 Å². The lowest BCUT2D eigenvalue weighted by Crippen LogP contribution is -2.49. The van der Waals surface area contributed by atoms with Gasteiger partial charge in [0, 0.05) is 13.1 Å². The third kappa shape index (κ3) is 6.34. The molecule has 0 aliphatic carbocycles. The number of rotatable bonds is 9. The summed E-state index contributed by atoms with van der Waals surface area (Å²) in [4.78, 5) is 7.42. The Balaban J connectivity index is 1.52. The molecule has 0 spiro atoms. The summed E-state index contributed by atoms with van der Waals surface area (Å²) in [7, 11) is 0. The lowest BCUT2D eigenvalue weighted by atomic mass is 9.92. The van der Waals surface area contributed by atoms with Crippen molar-refractivity contribution in [1.29, 1.82) is 0 Å². The zero-order valence-corrected chi connectivity index (χ0v) is 18.2. The maximum absolute atomic E-state index is 12.2. The van der Waals surface area contributed by atoms with E-state index in [0.717, 1.165) is 43.2 Å². The third-order valence-corrected chi connectivity index (χ3v) is 6.01. The number of aliphatic imine (C=N–C) groups is 1. The first-order valence-corrected chi connectivity index (χ1v) is 11.1. The molecule has 166 valence electrons. The Hall–Kier alpha value is -1.82. The SMILES string of the molecule is CCCCC1CN(C2=NC(CCc3ccc(COC(F)(F)F)cc3)C(C(C)C)=C2)C1. The topological polar surface area (TPSA) is 24.8 Å². The minimum absolute atomic E-state index is 0.197. The van der Waals surface area contributed by atoms with E-state index in [9.17, 15) is 13.2 Å². The second-order valence-electron chi connectivity index (χ2n) is 8.80. The summed E-state index contributed by atoms with van der Waals surface area (Å²) < 4.78 is 40.4. The smallest absolute Gasteiger partial charge is 0.356 e. The average molecular weight is 423 g/mol. The first-order valence-electron chi connectivity index (χ1n) is 11.1. The largest absolute Gasteiger partial charge is 0.522 e. The van der Waals surface area contributed by atoms with Crippen molar-refractivity contribution in [3.8, 4) is 0 Å². The van der Waals surface area contributed by atoms with E-state index in [1.54, 1.807) is 12.1 Å². The number of unbranched alkanes of at least 4 members (excludes halogenated alkanes) is 1. The molecule has 6 heteroatoms. The number of hydrogen-bond acceptors (Lipinski definition) is 3. The number of nitrogens with zero attached hydrogens (tertiary/aromatic N) is 2. The van der Waals surface area contributed by atoms with Gasteiger partial charge in [-0.1, -0.05) is 57.9 Å². The number of benzene rings is 1. The molecule has 0 bridgehead atoms. The molecule has 0 saturated carbocycles. The monoisotopic (exact) mass is 422 g/mol. The Morgan fingerprint density at radius 1 is 1.10 bits per heavy atom. The molecule has 1 aromatic rings. The van der Waals surface area contributed by atoms with Crippen LogP contribution in [0.5, 0.6) is 0 Å². The number of ether oxygens (including phenoxy) is 1. The quantitative estimate of drug-likeness (QED) is 0.477. The van der Waals surface area contributed by atoms with Gasteiger partial charge < -0.3 is 4.90 Å². The summed E-state index contributed by atoms with van der Waals surface area (Å²) >= 11 is 0. The zero-order valence-electron chi connectivity index (χ0n) is 18.2. The highest BCUT2D eigenvalue weighted by Crippen LogP contribution is 2.30. The van der Waals surface area contributed by atoms with E-state index >= 15 is 0 Å². The van der Waals surface area contributed by atoms with Gasteiger partial charge >= 0.3 is 6.36 Å². The van der Waals surface area contributed by atoms with Gasteiger partial charge in [-0.15, -0.1) is 13.2 Å². The summed E-state index contributed by atoms with van der Waals surface area (Å²) in [6.07, 6.45) is 3.33. The van der Waals surface area contributed by atoms with Crippen LogP contribution in [0.15, 0.2) is 40.9 Å². The predicted molar refractivity (Wildman–Crippen MR) is 114 cm³/mol. The molecule has 2 aliphatic rings. The molecular weight excluding hydrogens is 389 g/mol. The molecule has 0 aromatic heterocycles. The molecule has 1 unspecified atom stereocenters. The second kappa shape index (κ2) is 9.99. The molecule has 0 radical (unpaired) electrons. The molecule has 2 heterocycles. The van der Waals surface area contributed by atoms with Crippen LogP contribution in [-0.2, 0) is 17.8 Å². The Morgan fingerprint density at radius 3 is 2.37 bits per heavy atom. The fraction of sp³-hybridized carbons (Fsp3) is 0.625. The van der Waals surface area contributed by atoms with E-state index < -0.39 is 13.0 Å². The molecule has 30 heavy (non-hydrogen) atoms. The maximum Gasteiger partial charge on any atom is 0.522 e. The number of aryl methyl sites for hydroxylation is 1.